The molecule has 0 saturated carbocycles. The minimum atomic E-state index is -4.94. The maximum absolute atomic E-state index is 12.7. The van der Waals surface area contributed by atoms with Crippen LogP contribution in [0.5, 0.6) is 5.75 Å². The Morgan fingerprint density at radius 2 is 2.00 bits per heavy atom. The van der Waals surface area contributed by atoms with Crippen LogP contribution in [0.1, 0.15) is 6.92 Å². The second-order valence-electron chi connectivity index (χ2n) is 2.87. The van der Waals surface area contributed by atoms with E-state index in [4.69, 9.17) is 0 Å². The minimum Gasteiger partial charge on any atom is -0.403 e. The minimum absolute atomic E-state index is 0.244. The van der Waals surface area contributed by atoms with Crippen LogP contribution in [-0.4, -0.2) is 12.3 Å². The van der Waals surface area contributed by atoms with Crippen molar-refractivity contribution in [1.82, 2.24) is 0 Å². The molecule has 0 bridgehead atoms. The number of benzene rings is 1. The lowest BCUT2D eigenvalue weighted by Crippen LogP contribution is -2.19. The summed E-state index contributed by atoms with van der Waals surface area (Å²) in [4.78, 5) is 10.7. The van der Waals surface area contributed by atoms with Gasteiger partial charge in [0.2, 0.25) is 5.91 Å². The Bertz CT molecular complexity index is 403. The summed E-state index contributed by atoms with van der Waals surface area (Å²) >= 11 is 0. The highest BCUT2D eigenvalue weighted by Crippen LogP contribution is 2.30. The van der Waals surface area contributed by atoms with Gasteiger partial charge in [0.05, 0.1) is 5.69 Å². The highest BCUT2D eigenvalue weighted by atomic mass is 19.4. The van der Waals surface area contributed by atoms with Crippen molar-refractivity contribution in [3.05, 3.63) is 24.0 Å². The molecule has 1 amide bonds. The largest absolute Gasteiger partial charge is 0.573 e. The number of alkyl halides is 3. The summed E-state index contributed by atoms with van der Waals surface area (Å²) in [5.41, 5.74) is -0.244. The molecule has 0 aromatic heterocycles. The molecule has 0 spiro atoms. The van der Waals surface area contributed by atoms with Gasteiger partial charge in [0.1, 0.15) is 5.82 Å². The standard InChI is InChI=1S/C9H7F4NO2/c1-5(15)14-7-3-2-6(10)4-8(7)16-9(11,12)13/h2-4H,1H3,(H,14,15). The van der Waals surface area contributed by atoms with Gasteiger partial charge in [-0.2, -0.15) is 0 Å². The first-order valence-corrected chi connectivity index (χ1v) is 4.11. The van der Waals surface area contributed by atoms with E-state index in [1.54, 1.807) is 0 Å². The molecule has 0 aliphatic heterocycles. The second kappa shape index (κ2) is 4.38. The van der Waals surface area contributed by atoms with Crippen molar-refractivity contribution in [3.8, 4) is 5.75 Å². The van der Waals surface area contributed by atoms with Crippen LogP contribution in [0.15, 0.2) is 18.2 Å². The zero-order valence-electron chi connectivity index (χ0n) is 8.06. The molecule has 7 heteroatoms. The number of halogens is 4. The maximum atomic E-state index is 12.7. The van der Waals surface area contributed by atoms with Crippen molar-refractivity contribution in [2.45, 2.75) is 13.3 Å². The lowest BCUT2D eigenvalue weighted by molar-refractivity contribution is -0.274. The lowest BCUT2D eigenvalue weighted by atomic mass is 10.3. The van der Waals surface area contributed by atoms with Gasteiger partial charge >= 0.3 is 6.36 Å². The third-order valence-corrected chi connectivity index (χ3v) is 1.48. The van der Waals surface area contributed by atoms with Crippen molar-refractivity contribution in [1.29, 1.82) is 0 Å². The highest BCUT2D eigenvalue weighted by molar-refractivity contribution is 5.90. The van der Waals surface area contributed by atoms with Crippen LogP contribution in [0.25, 0.3) is 0 Å². The average molecular weight is 237 g/mol. The van der Waals surface area contributed by atoms with E-state index in [0.29, 0.717) is 6.07 Å². The zero-order valence-corrected chi connectivity index (χ0v) is 8.06. The fourth-order valence-electron chi connectivity index (χ4n) is 0.998. The number of hydrogen-bond acceptors (Lipinski definition) is 2. The summed E-state index contributed by atoms with van der Waals surface area (Å²) in [6, 6.07) is 2.44. The van der Waals surface area contributed by atoms with Crippen LogP contribution in [0.3, 0.4) is 0 Å². The van der Waals surface area contributed by atoms with Crippen LogP contribution < -0.4 is 10.1 Å². The van der Waals surface area contributed by atoms with Crippen LogP contribution >= 0.6 is 0 Å². The van der Waals surface area contributed by atoms with Crippen molar-refractivity contribution >= 4 is 11.6 Å². The van der Waals surface area contributed by atoms with E-state index >= 15 is 0 Å². The fourth-order valence-corrected chi connectivity index (χ4v) is 0.998. The summed E-state index contributed by atoms with van der Waals surface area (Å²) in [5, 5.41) is 2.09. The Morgan fingerprint density at radius 3 is 2.50 bits per heavy atom. The van der Waals surface area contributed by atoms with Gasteiger partial charge in [-0.15, -0.1) is 13.2 Å². The molecule has 0 radical (unpaired) electrons. The Balaban J connectivity index is 3.03. The first-order valence-electron chi connectivity index (χ1n) is 4.11. The van der Waals surface area contributed by atoms with E-state index in [1.165, 1.54) is 0 Å². The topological polar surface area (TPSA) is 38.3 Å². The Hall–Kier alpha value is -1.79. The molecule has 0 unspecified atom stereocenters. The summed E-state index contributed by atoms with van der Waals surface area (Å²) in [6.07, 6.45) is -4.94. The normalized spacial score (nSPS) is 11.1. The van der Waals surface area contributed by atoms with E-state index in [9.17, 15) is 22.4 Å². The van der Waals surface area contributed by atoms with Crippen molar-refractivity contribution < 1.29 is 27.1 Å². The second-order valence-corrected chi connectivity index (χ2v) is 2.87. The van der Waals surface area contributed by atoms with E-state index in [2.05, 4.69) is 10.1 Å². The van der Waals surface area contributed by atoms with Crippen molar-refractivity contribution in [2.75, 3.05) is 5.32 Å². The van der Waals surface area contributed by atoms with Gasteiger partial charge in [0.15, 0.2) is 5.75 Å². The van der Waals surface area contributed by atoms with Crippen molar-refractivity contribution in [2.24, 2.45) is 0 Å². The third-order valence-electron chi connectivity index (χ3n) is 1.48. The summed E-state index contributed by atoms with van der Waals surface area (Å²) in [5.74, 6) is -2.27. The third kappa shape index (κ3) is 3.76. The van der Waals surface area contributed by atoms with Gasteiger partial charge in [-0.1, -0.05) is 0 Å². The first kappa shape index (κ1) is 12.3. The molecular weight excluding hydrogens is 230 g/mol. The van der Waals surface area contributed by atoms with Crippen LogP contribution in [0, 0.1) is 5.82 Å². The zero-order chi connectivity index (χ0) is 12.3. The van der Waals surface area contributed by atoms with Gasteiger partial charge in [-0.05, 0) is 12.1 Å². The number of ether oxygens (including phenoxy) is 1. The maximum Gasteiger partial charge on any atom is 0.573 e. The molecule has 1 aromatic carbocycles. The molecule has 1 rings (SSSR count). The first-order chi connectivity index (χ1) is 7.28. The van der Waals surface area contributed by atoms with Crippen LogP contribution in [-0.2, 0) is 4.79 Å². The summed E-state index contributed by atoms with van der Waals surface area (Å²) < 4.78 is 52.1. The van der Waals surface area contributed by atoms with Crippen molar-refractivity contribution in [3.63, 3.8) is 0 Å². The van der Waals surface area contributed by atoms with E-state index in [0.717, 1.165) is 19.1 Å². The molecule has 1 N–H and O–H groups in total. The number of amides is 1. The monoisotopic (exact) mass is 237 g/mol. The Labute approximate surface area is 88.0 Å². The van der Waals surface area contributed by atoms with Gasteiger partial charge in [0, 0.05) is 13.0 Å². The molecule has 0 heterocycles. The molecule has 3 nitrogen and oxygen atoms in total. The van der Waals surface area contributed by atoms with E-state index in [1.807, 2.05) is 0 Å². The number of hydrogen-bond donors (Lipinski definition) is 1. The predicted octanol–water partition coefficient (Wildman–Crippen LogP) is 2.68. The van der Waals surface area contributed by atoms with Gasteiger partial charge in [0.25, 0.3) is 0 Å². The molecule has 0 aliphatic rings. The number of carbonyl (C=O) groups is 1. The quantitative estimate of drug-likeness (QED) is 0.803. The Kier molecular flexibility index (Phi) is 3.36. The highest BCUT2D eigenvalue weighted by Gasteiger charge is 2.32. The van der Waals surface area contributed by atoms with Gasteiger partial charge in [-0.25, -0.2) is 4.39 Å². The lowest BCUT2D eigenvalue weighted by Gasteiger charge is -2.13. The average Bonchev–Trinajstić information content (AvgIpc) is 2.06. The molecule has 0 aliphatic carbocycles. The van der Waals surface area contributed by atoms with Crippen LogP contribution in [0.2, 0.25) is 0 Å². The number of nitrogens with one attached hydrogen (secondary N) is 1. The molecule has 1 aromatic rings. The fraction of sp³-hybridized carbons (Fsp3) is 0.222. The van der Waals surface area contributed by atoms with E-state index < -0.39 is 23.8 Å². The SMILES string of the molecule is CC(=O)Nc1ccc(F)cc1OC(F)(F)F. The number of carbonyl (C=O) groups excluding carboxylic acids is 1. The predicted molar refractivity (Wildman–Crippen MR) is 47.4 cm³/mol. The van der Waals surface area contributed by atoms with E-state index in [-0.39, 0.29) is 5.69 Å². The summed E-state index contributed by atoms with van der Waals surface area (Å²) in [6.45, 7) is 1.11. The molecular formula is C9H7F4NO2. The number of anilines is 1. The summed E-state index contributed by atoms with van der Waals surface area (Å²) in [7, 11) is 0. The van der Waals surface area contributed by atoms with Gasteiger partial charge < -0.3 is 10.1 Å². The number of rotatable bonds is 2. The van der Waals surface area contributed by atoms with Gasteiger partial charge in [-0.3, -0.25) is 4.79 Å². The molecule has 0 saturated heterocycles. The molecule has 0 atom stereocenters. The molecule has 16 heavy (non-hydrogen) atoms. The molecule has 0 fully saturated rings. The smallest absolute Gasteiger partial charge is 0.403 e. The Morgan fingerprint density at radius 1 is 1.38 bits per heavy atom. The van der Waals surface area contributed by atoms with Crippen LogP contribution in [0.4, 0.5) is 23.2 Å². The molecule has 88 valence electrons.